The lowest BCUT2D eigenvalue weighted by atomic mass is 10.0. The number of aromatic amines is 1. The summed E-state index contributed by atoms with van der Waals surface area (Å²) in [7, 11) is 0. The van der Waals surface area contributed by atoms with Crippen LogP contribution in [-0.2, 0) is 6.42 Å². The topological polar surface area (TPSA) is 37.8 Å². The molecule has 3 nitrogen and oxygen atoms in total. The van der Waals surface area contributed by atoms with Crippen LogP contribution in [0.3, 0.4) is 0 Å². The van der Waals surface area contributed by atoms with Gasteiger partial charge in [-0.2, -0.15) is 0 Å². The number of fused-ring (bicyclic) bond motifs is 1. The molecule has 0 unspecified atom stereocenters. The molecular weight excluding hydrogens is 244 g/mol. The fourth-order valence-electron chi connectivity index (χ4n) is 2.23. The lowest BCUT2D eigenvalue weighted by Gasteiger charge is -2.07. The Bertz CT molecular complexity index is 622. The Morgan fingerprint density at radius 1 is 1.28 bits per heavy atom. The van der Waals surface area contributed by atoms with Crippen LogP contribution in [-0.4, -0.2) is 15.5 Å². The van der Waals surface area contributed by atoms with Crippen LogP contribution in [0.25, 0.3) is 5.69 Å². The third-order valence-corrected chi connectivity index (χ3v) is 4.45. The van der Waals surface area contributed by atoms with Crippen LogP contribution < -0.4 is 5.56 Å². The molecule has 2 aromatic rings. The summed E-state index contributed by atoms with van der Waals surface area (Å²) in [6.45, 7) is 4.34. The number of nitrogens with one attached hydrogen (secondary N) is 1. The number of thioether (sulfide) groups is 1. The summed E-state index contributed by atoms with van der Waals surface area (Å²) in [5, 5.41) is 3.21. The highest BCUT2D eigenvalue weighted by atomic mass is 32.2. The van der Waals surface area contributed by atoms with Gasteiger partial charge in [0.1, 0.15) is 0 Å². The molecule has 3 rings (SSSR count). The van der Waals surface area contributed by atoms with Crippen LogP contribution in [0.5, 0.6) is 0 Å². The number of benzene rings is 1. The summed E-state index contributed by atoms with van der Waals surface area (Å²) in [6.07, 6.45) is 0.965. The third-order valence-electron chi connectivity index (χ3n) is 3.33. The van der Waals surface area contributed by atoms with Gasteiger partial charge in [-0.1, -0.05) is 26.0 Å². The zero-order valence-electron chi connectivity index (χ0n) is 10.6. The molecule has 18 heavy (non-hydrogen) atoms. The zero-order valence-corrected chi connectivity index (χ0v) is 11.4. The summed E-state index contributed by atoms with van der Waals surface area (Å²) >= 11 is 1.65. The highest BCUT2D eigenvalue weighted by Gasteiger charge is 2.20. The Morgan fingerprint density at radius 2 is 2.00 bits per heavy atom. The number of aromatic nitrogens is 2. The van der Waals surface area contributed by atoms with Gasteiger partial charge in [0.25, 0.3) is 5.56 Å². The van der Waals surface area contributed by atoms with Gasteiger partial charge in [-0.05, 0) is 30.0 Å². The van der Waals surface area contributed by atoms with E-state index in [1.807, 2.05) is 12.1 Å². The van der Waals surface area contributed by atoms with Crippen molar-refractivity contribution in [2.75, 3.05) is 5.75 Å². The van der Waals surface area contributed by atoms with E-state index in [1.54, 1.807) is 16.4 Å². The third kappa shape index (κ3) is 1.81. The van der Waals surface area contributed by atoms with Gasteiger partial charge < -0.3 is 0 Å². The molecule has 4 heteroatoms. The largest absolute Gasteiger partial charge is 0.294 e. The minimum absolute atomic E-state index is 0.0878. The molecule has 1 aliphatic heterocycles. The molecule has 0 spiro atoms. The Kier molecular flexibility index (Phi) is 2.82. The number of hydrogen-bond acceptors (Lipinski definition) is 2. The van der Waals surface area contributed by atoms with E-state index in [9.17, 15) is 4.79 Å². The Labute approximate surface area is 110 Å². The normalized spacial score (nSPS) is 14.2. The maximum absolute atomic E-state index is 12.2. The molecule has 0 saturated heterocycles. The second-order valence-electron chi connectivity index (χ2n) is 4.90. The molecule has 1 aliphatic rings. The minimum Gasteiger partial charge on any atom is -0.294 e. The monoisotopic (exact) mass is 260 g/mol. The van der Waals surface area contributed by atoms with Crippen molar-refractivity contribution in [3.63, 3.8) is 0 Å². The van der Waals surface area contributed by atoms with E-state index in [0.29, 0.717) is 5.92 Å². The molecule has 0 radical (unpaired) electrons. The van der Waals surface area contributed by atoms with E-state index in [-0.39, 0.29) is 5.56 Å². The van der Waals surface area contributed by atoms with Gasteiger partial charge in [-0.25, -0.2) is 4.68 Å². The summed E-state index contributed by atoms with van der Waals surface area (Å²) in [6, 6.07) is 8.19. The van der Waals surface area contributed by atoms with Crippen molar-refractivity contribution < 1.29 is 0 Å². The van der Waals surface area contributed by atoms with Crippen molar-refractivity contribution in [1.82, 2.24) is 9.78 Å². The van der Waals surface area contributed by atoms with E-state index >= 15 is 0 Å². The SMILES string of the molecule is CC(C)c1ccc(-n2[nH]c3c(c2=O)SCC3)cc1. The van der Waals surface area contributed by atoms with E-state index in [2.05, 4.69) is 31.1 Å². The number of hydrogen-bond donors (Lipinski definition) is 1. The molecule has 0 saturated carbocycles. The Balaban J connectivity index is 2.03. The molecular formula is C14H16N2OS. The average molecular weight is 260 g/mol. The van der Waals surface area contributed by atoms with Crippen molar-refractivity contribution in [2.24, 2.45) is 0 Å². The zero-order chi connectivity index (χ0) is 12.7. The lowest BCUT2D eigenvalue weighted by molar-refractivity contribution is 0.815. The predicted molar refractivity (Wildman–Crippen MR) is 74.9 cm³/mol. The quantitative estimate of drug-likeness (QED) is 0.901. The highest BCUT2D eigenvalue weighted by Crippen LogP contribution is 2.27. The van der Waals surface area contributed by atoms with Crippen molar-refractivity contribution in [2.45, 2.75) is 31.1 Å². The molecule has 0 atom stereocenters. The van der Waals surface area contributed by atoms with Gasteiger partial charge in [0.05, 0.1) is 16.3 Å². The van der Waals surface area contributed by atoms with Gasteiger partial charge in [-0.15, -0.1) is 11.8 Å². The van der Waals surface area contributed by atoms with E-state index in [4.69, 9.17) is 0 Å². The van der Waals surface area contributed by atoms with Crippen LogP contribution >= 0.6 is 11.8 Å². The van der Waals surface area contributed by atoms with E-state index in [1.165, 1.54) is 5.56 Å². The van der Waals surface area contributed by atoms with E-state index in [0.717, 1.165) is 28.5 Å². The predicted octanol–water partition coefficient (Wildman–Crippen LogP) is 2.94. The van der Waals surface area contributed by atoms with Crippen LogP contribution in [0.2, 0.25) is 0 Å². The number of nitrogens with zero attached hydrogens (tertiary/aromatic N) is 1. The van der Waals surface area contributed by atoms with Crippen molar-refractivity contribution in [1.29, 1.82) is 0 Å². The maximum Gasteiger partial charge on any atom is 0.285 e. The fraction of sp³-hybridized carbons (Fsp3) is 0.357. The van der Waals surface area contributed by atoms with Crippen LogP contribution in [0.15, 0.2) is 34.0 Å². The molecule has 1 N–H and O–H groups in total. The Hall–Kier alpha value is -1.42. The van der Waals surface area contributed by atoms with Crippen LogP contribution in [0, 0.1) is 0 Å². The summed E-state index contributed by atoms with van der Waals surface area (Å²) < 4.78 is 1.65. The summed E-state index contributed by atoms with van der Waals surface area (Å²) in [4.78, 5) is 13.1. The minimum atomic E-state index is 0.0878. The van der Waals surface area contributed by atoms with Crippen LogP contribution in [0.4, 0.5) is 0 Å². The first-order chi connectivity index (χ1) is 8.66. The second kappa shape index (κ2) is 4.35. The first-order valence-corrected chi connectivity index (χ1v) is 7.22. The number of H-pyrrole nitrogens is 1. The van der Waals surface area contributed by atoms with Crippen LogP contribution in [0.1, 0.15) is 31.0 Å². The van der Waals surface area contributed by atoms with Crippen molar-refractivity contribution >= 4 is 11.8 Å². The van der Waals surface area contributed by atoms with E-state index < -0.39 is 0 Å². The Morgan fingerprint density at radius 3 is 2.61 bits per heavy atom. The van der Waals surface area contributed by atoms with Gasteiger partial charge in [0.2, 0.25) is 0 Å². The first-order valence-electron chi connectivity index (χ1n) is 6.24. The standard InChI is InChI=1S/C14H16N2OS/c1-9(2)10-3-5-11(6-4-10)16-14(17)13-12(15-16)7-8-18-13/h3-6,9,15H,7-8H2,1-2H3. The summed E-state index contributed by atoms with van der Waals surface area (Å²) in [5.74, 6) is 1.53. The molecule has 0 amide bonds. The molecule has 2 heterocycles. The highest BCUT2D eigenvalue weighted by molar-refractivity contribution is 7.99. The average Bonchev–Trinajstić information content (AvgIpc) is 2.93. The fourth-order valence-corrected chi connectivity index (χ4v) is 3.28. The molecule has 0 aliphatic carbocycles. The smallest absolute Gasteiger partial charge is 0.285 e. The molecule has 0 bridgehead atoms. The number of rotatable bonds is 2. The number of aryl methyl sites for hydroxylation is 1. The van der Waals surface area contributed by atoms with Gasteiger partial charge in [0, 0.05) is 5.75 Å². The first kappa shape index (κ1) is 11.7. The van der Waals surface area contributed by atoms with Gasteiger partial charge >= 0.3 is 0 Å². The van der Waals surface area contributed by atoms with Gasteiger partial charge in [-0.3, -0.25) is 9.89 Å². The lowest BCUT2D eigenvalue weighted by Crippen LogP contribution is -2.15. The van der Waals surface area contributed by atoms with Crippen molar-refractivity contribution in [3.8, 4) is 5.69 Å². The molecule has 1 aromatic carbocycles. The summed E-state index contributed by atoms with van der Waals surface area (Å²) in [5.41, 5.74) is 3.38. The van der Waals surface area contributed by atoms with Crippen molar-refractivity contribution in [3.05, 3.63) is 45.9 Å². The molecule has 0 fully saturated rings. The maximum atomic E-state index is 12.2. The molecule has 1 aromatic heterocycles. The second-order valence-corrected chi connectivity index (χ2v) is 6.01. The molecule has 94 valence electrons. The van der Waals surface area contributed by atoms with Gasteiger partial charge in [0.15, 0.2) is 0 Å².